The van der Waals surface area contributed by atoms with Crippen LogP contribution in [-0.2, 0) is 13.6 Å². The van der Waals surface area contributed by atoms with Crippen molar-refractivity contribution in [3.63, 3.8) is 0 Å². The fraction of sp³-hybridized carbons (Fsp3) is 0.364. The summed E-state index contributed by atoms with van der Waals surface area (Å²) in [7, 11) is -3.75. The summed E-state index contributed by atoms with van der Waals surface area (Å²) in [5.41, 5.74) is 0. The van der Waals surface area contributed by atoms with Crippen molar-refractivity contribution in [2.75, 3.05) is 13.2 Å². The lowest BCUT2D eigenvalue weighted by Gasteiger charge is -2.16. The van der Waals surface area contributed by atoms with Crippen molar-refractivity contribution >= 4 is 24.7 Å². The number of nitrogens with zero attached hydrogens (tertiary/aromatic N) is 1. The van der Waals surface area contributed by atoms with Gasteiger partial charge in [0.25, 0.3) is 0 Å². The summed E-state index contributed by atoms with van der Waals surface area (Å²) in [6.45, 7) is 3.53. The predicted molar refractivity (Wildman–Crippen MR) is 70.3 cm³/mol. The molecule has 0 fully saturated rings. The molecule has 0 amide bonds. The smallest absolute Gasteiger partial charge is 0.375 e. The molecule has 1 aromatic heterocycles. The van der Waals surface area contributed by atoms with Crippen LogP contribution in [0.4, 0.5) is 0 Å². The van der Waals surface area contributed by atoms with Crippen LogP contribution in [0.5, 0.6) is 0 Å². The van der Waals surface area contributed by atoms with Crippen molar-refractivity contribution in [1.29, 1.82) is 5.26 Å². The third-order valence-electron chi connectivity index (χ3n) is 1.96. The number of allylic oxidation sites excluding steroid dienone is 1. The van der Waals surface area contributed by atoms with E-state index in [1.165, 1.54) is 11.3 Å². The molecule has 1 heterocycles. The molecule has 0 saturated heterocycles. The third-order valence-corrected chi connectivity index (χ3v) is 4.89. The Balaban J connectivity index is 3.27. The minimum absolute atomic E-state index is 0.125. The first-order chi connectivity index (χ1) is 8.59. The molecule has 0 aliphatic heterocycles. The second-order valence-electron chi connectivity index (χ2n) is 3.12. The second kappa shape index (κ2) is 6.72. The van der Waals surface area contributed by atoms with Gasteiger partial charge >= 0.3 is 7.60 Å². The Bertz CT molecular complexity index is 494. The van der Waals surface area contributed by atoms with Crippen LogP contribution in [0.1, 0.15) is 18.7 Å². The topological polar surface area (TPSA) is 79.5 Å². The van der Waals surface area contributed by atoms with Crippen LogP contribution in [0.3, 0.4) is 0 Å². The molecular formula is C11H14NO4PS. The lowest BCUT2D eigenvalue weighted by atomic mass is 10.4. The first-order valence-corrected chi connectivity index (χ1v) is 7.78. The fourth-order valence-electron chi connectivity index (χ4n) is 1.28. The average Bonchev–Trinajstić information content (AvgIpc) is 2.83. The summed E-state index contributed by atoms with van der Waals surface area (Å²) in [5, 5.41) is 20.5. The molecule has 1 rings (SSSR count). The quantitative estimate of drug-likeness (QED) is 0.489. The lowest BCUT2D eigenvalue weighted by Crippen LogP contribution is -2.00. The van der Waals surface area contributed by atoms with E-state index in [1.807, 2.05) is 0 Å². The standard InChI is InChI=1S/C11H14NO4PS/c1-3-15-17(14,16-4-2)9(8-12)11(13)10-6-5-7-18-10/h5-7,13H,3-4H2,1-2H3/b11-9+. The first kappa shape index (κ1) is 14.9. The Hall–Kier alpha value is -1.12. The van der Waals surface area contributed by atoms with E-state index in [0.717, 1.165) is 0 Å². The van der Waals surface area contributed by atoms with Crippen molar-refractivity contribution in [2.24, 2.45) is 0 Å². The van der Waals surface area contributed by atoms with Crippen LogP contribution in [0.15, 0.2) is 22.8 Å². The van der Waals surface area contributed by atoms with Gasteiger partial charge in [-0.05, 0) is 25.3 Å². The highest BCUT2D eigenvalue weighted by molar-refractivity contribution is 7.59. The number of thiophene rings is 1. The van der Waals surface area contributed by atoms with Gasteiger partial charge in [-0.1, -0.05) is 6.07 Å². The van der Waals surface area contributed by atoms with E-state index in [2.05, 4.69) is 0 Å². The molecule has 18 heavy (non-hydrogen) atoms. The number of hydrogen-bond donors (Lipinski definition) is 1. The SMILES string of the molecule is CCOP(=O)(OCC)/C(C#N)=C(/O)c1cccs1. The molecular weight excluding hydrogens is 273 g/mol. The van der Waals surface area contributed by atoms with Crippen molar-refractivity contribution in [1.82, 2.24) is 0 Å². The summed E-state index contributed by atoms with van der Waals surface area (Å²) in [5.74, 6) is -0.349. The summed E-state index contributed by atoms with van der Waals surface area (Å²) >= 11 is 1.24. The zero-order valence-electron chi connectivity index (χ0n) is 10.1. The molecule has 0 spiro atoms. The van der Waals surface area contributed by atoms with Crippen LogP contribution in [0, 0.1) is 11.3 Å². The van der Waals surface area contributed by atoms with Gasteiger partial charge in [0.1, 0.15) is 6.07 Å². The summed E-state index contributed by atoms with van der Waals surface area (Å²) in [6, 6.07) is 5.07. The molecule has 0 aromatic carbocycles. The molecule has 0 saturated carbocycles. The van der Waals surface area contributed by atoms with Gasteiger partial charge in [-0.2, -0.15) is 5.26 Å². The van der Waals surface area contributed by atoms with Crippen LogP contribution in [0.2, 0.25) is 0 Å². The van der Waals surface area contributed by atoms with Gasteiger partial charge in [-0.15, -0.1) is 11.3 Å². The van der Waals surface area contributed by atoms with E-state index in [9.17, 15) is 9.67 Å². The zero-order chi connectivity index (χ0) is 13.6. The second-order valence-corrected chi connectivity index (χ2v) is 6.03. The van der Waals surface area contributed by atoms with Gasteiger partial charge in [-0.3, -0.25) is 4.57 Å². The van der Waals surface area contributed by atoms with Crippen molar-refractivity contribution in [3.8, 4) is 6.07 Å². The fourth-order valence-corrected chi connectivity index (χ4v) is 3.55. The first-order valence-electron chi connectivity index (χ1n) is 5.36. The molecule has 0 aliphatic rings. The largest absolute Gasteiger partial charge is 0.505 e. The molecule has 0 radical (unpaired) electrons. The Morgan fingerprint density at radius 3 is 2.50 bits per heavy atom. The highest BCUT2D eigenvalue weighted by Crippen LogP contribution is 2.57. The maximum absolute atomic E-state index is 12.4. The maximum atomic E-state index is 12.4. The van der Waals surface area contributed by atoms with Crippen LogP contribution in [-0.4, -0.2) is 18.3 Å². The van der Waals surface area contributed by atoms with E-state index < -0.39 is 7.60 Å². The van der Waals surface area contributed by atoms with Gasteiger partial charge < -0.3 is 14.2 Å². The predicted octanol–water partition coefficient (Wildman–Crippen LogP) is 3.76. The molecule has 98 valence electrons. The molecule has 0 bridgehead atoms. The Morgan fingerprint density at radius 2 is 2.11 bits per heavy atom. The molecule has 0 aliphatic carbocycles. The van der Waals surface area contributed by atoms with Crippen LogP contribution < -0.4 is 0 Å². The molecule has 5 nitrogen and oxygen atoms in total. The van der Waals surface area contributed by atoms with Gasteiger partial charge in [0.05, 0.1) is 18.1 Å². The van der Waals surface area contributed by atoms with E-state index in [-0.39, 0.29) is 24.3 Å². The summed E-state index contributed by atoms with van der Waals surface area (Å²) in [6.07, 6.45) is 0. The Kier molecular flexibility index (Phi) is 5.57. The van der Waals surface area contributed by atoms with Crippen molar-refractivity contribution in [2.45, 2.75) is 13.8 Å². The van der Waals surface area contributed by atoms with E-state index in [0.29, 0.717) is 4.88 Å². The minimum atomic E-state index is -3.75. The molecule has 7 heteroatoms. The number of aliphatic hydroxyl groups is 1. The summed E-state index contributed by atoms with van der Waals surface area (Å²) in [4.78, 5) is 0.450. The number of rotatable bonds is 6. The number of nitriles is 1. The van der Waals surface area contributed by atoms with E-state index in [4.69, 9.17) is 14.3 Å². The minimum Gasteiger partial charge on any atom is -0.505 e. The highest BCUT2D eigenvalue weighted by atomic mass is 32.1. The van der Waals surface area contributed by atoms with Crippen molar-refractivity contribution in [3.05, 3.63) is 27.7 Å². The zero-order valence-corrected chi connectivity index (χ0v) is 11.8. The van der Waals surface area contributed by atoms with E-state index >= 15 is 0 Å². The molecule has 1 aromatic rings. The summed E-state index contributed by atoms with van der Waals surface area (Å²) < 4.78 is 22.5. The monoisotopic (exact) mass is 287 g/mol. The Labute approximate surface area is 110 Å². The van der Waals surface area contributed by atoms with Gasteiger partial charge in [-0.25, -0.2) is 0 Å². The van der Waals surface area contributed by atoms with Gasteiger partial charge in [0.15, 0.2) is 11.1 Å². The number of aliphatic hydroxyl groups excluding tert-OH is 1. The maximum Gasteiger partial charge on any atom is 0.375 e. The van der Waals surface area contributed by atoms with Crippen LogP contribution in [0.25, 0.3) is 5.76 Å². The van der Waals surface area contributed by atoms with E-state index in [1.54, 1.807) is 37.4 Å². The van der Waals surface area contributed by atoms with Gasteiger partial charge in [0.2, 0.25) is 0 Å². The van der Waals surface area contributed by atoms with Crippen LogP contribution >= 0.6 is 18.9 Å². The Morgan fingerprint density at radius 1 is 1.50 bits per heavy atom. The number of hydrogen-bond acceptors (Lipinski definition) is 6. The molecule has 0 unspecified atom stereocenters. The lowest BCUT2D eigenvalue weighted by molar-refractivity contribution is 0.227. The van der Waals surface area contributed by atoms with Gasteiger partial charge in [0, 0.05) is 0 Å². The van der Waals surface area contributed by atoms with Crippen molar-refractivity contribution < 1.29 is 18.7 Å². The third kappa shape index (κ3) is 3.21. The molecule has 1 N–H and O–H groups in total. The highest BCUT2D eigenvalue weighted by Gasteiger charge is 2.34. The average molecular weight is 287 g/mol. The molecule has 0 atom stereocenters. The normalized spacial score (nSPS) is 12.9.